The lowest BCUT2D eigenvalue weighted by Gasteiger charge is -2.39. The van der Waals surface area contributed by atoms with Crippen LogP contribution in [0, 0.1) is 11.3 Å². The van der Waals surface area contributed by atoms with Crippen LogP contribution in [0.15, 0.2) is 18.3 Å². The SMILES string of the molecule is COc1ccc(C2(C#N)CCC(N3CCCN(C(=O)O)CC3)CC2)nc1. The first-order valence-electron chi connectivity index (χ1n) is 9.22. The molecule has 1 aromatic rings. The van der Waals surface area contributed by atoms with Crippen LogP contribution in [-0.2, 0) is 5.41 Å². The maximum absolute atomic E-state index is 11.2. The summed E-state index contributed by atoms with van der Waals surface area (Å²) in [6.45, 7) is 2.87. The van der Waals surface area contributed by atoms with Gasteiger partial charge in [0.1, 0.15) is 5.75 Å². The number of nitriles is 1. The molecule has 26 heavy (non-hydrogen) atoms. The summed E-state index contributed by atoms with van der Waals surface area (Å²) in [5.41, 5.74) is 0.300. The van der Waals surface area contributed by atoms with E-state index in [1.165, 1.54) is 4.90 Å². The number of rotatable bonds is 3. The van der Waals surface area contributed by atoms with Crippen molar-refractivity contribution in [3.63, 3.8) is 0 Å². The first-order valence-corrected chi connectivity index (χ1v) is 9.22. The maximum atomic E-state index is 11.2. The molecule has 1 aromatic heterocycles. The van der Waals surface area contributed by atoms with Gasteiger partial charge >= 0.3 is 6.09 Å². The highest BCUT2D eigenvalue weighted by molar-refractivity contribution is 5.64. The van der Waals surface area contributed by atoms with Crippen molar-refractivity contribution < 1.29 is 14.6 Å². The number of methoxy groups -OCH3 is 1. The Labute approximate surface area is 154 Å². The van der Waals surface area contributed by atoms with Crippen LogP contribution in [0.4, 0.5) is 4.79 Å². The first-order chi connectivity index (χ1) is 12.6. The van der Waals surface area contributed by atoms with Gasteiger partial charge in [-0.15, -0.1) is 0 Å². The van der Waals surface area contributed by atoms with Crippen molar-refractivity contribution in [2.24, 2.45) is 0 Å². The highest BCUT2D eigenvalue weighted by Gasteiger charge is 2.40. The molecule has 0 radical (unpaired) electrons. The Balaban J connectivity index is 1.63. The zero-order chi connectivity index (χ0) is 18.6. The molecule has 1 saturated carbocycles. The Morgan fingerprint density at radius 3 is 2.65 bits per heavy atom. The fourth-order valence-corrected chi connectivity index (χ4v) is 4.16. The molecule has 2 heterocycles. The number of ether oxygens (including phenoxy) is 1. The Morgan fingerprint density at radius 1 is 1.31 bits per heavy atom. The lowest BCUT2D eigenvalue weighted by Crippen LogP contribution is -2.44. The van der Waals surface area contributed by atoms with Crippen LogP contribution in [0.3, 0.4) is 0 Å². The van der Waals surface area contributed by atoms with Crippen molar-refractivity contribution in [1.82, 2.24) is 14.8 Å². The van der Waals surface area contributed by atoms with Crippen LogP contribution >= 0.6 is 0 Å². The molecule has 0 spiro atoms. The summed E-state index contributed by atoms with van der Waals surface area (Å²) in [7, 11) is 1.61. The monoisotopic (exact) mass is 358 g/mol. The van der Waals surface area contributed by atoms with Gasteiger partial charge in [-0.1, -0.05) is 0 Å². The van der Waals surface area contributed by atoms with Gasteiger partial charge in [0.25, 0.3) is 0 Å². The zero-order valence-electron chi connectivity index (χ0n) is 15.2. The van der Waals surface area contributed by atoms with Gasteiger partial charge in [-0.25, -0.2) is 4.79 Å². The minimum Gasteiger partial charge on any atom is -0.495 e. The normalized spacial score (nSPS) is 27.4. The third kappa shape index (κ3) is 3.75. The van der Waals surface area contributed by atoms with Gasteiger partial charge in [0.15, 0.2) is 0 Å². The minimum atomic E-state index is -0.829. The molecule has 7 heteroatoms. The number of hydrogen-bond donors (Lipinski definition) is 1. The van der Waals surface area contributed by atoms with E-state index in [-0.39, 0.29) is 0 Å². The molecular formula is C19H26N4O3. The van der Waals surface area contributed by atoms with Crippen LogP contribution in [0.2, 0.25) is 0 Å². The van der Waals surface area contributed by atoms with Crippen molar-refractivity contribution in [3.05, 3.63) is 24.0 Å². The fraction of sp³-hybridized carbons (Fsp3) is 0.632. The van der Waals surface area contributed by atoms with Crippen LogP contribution in [0.1, 0.15) is 37.8 Å². The van der Waals surface area contributed by atoms with Gasteiger partial charge in [-0.05, 0) is 44.2 Å². The molecule has 0 atom stereocenters. The van der Waals surface area contributed by atoms with Crippen LogP contribution in [0.25, 0.3) is 0 Å². The number of hydrogen-bond acceptors (Lipinski definition) is 5. The van der Waals surface area contributed by atoms with Crippen molar-refractivity contribution in [2.45, 2.75) is 43.6 Å². The molecule has 2 aliphatic rings. The highest BCUT2D eigenvalue weighted by atomic mass is 16.5. The minimum absolute atomic E-state index is 0.420. The van der Waals surface area contributed by atoms with Crippen molar-refractivity contribution in [3.8, 4) is 11.8 Å². The summed E-state index contributed by atoms with van der Waals surface area (Å²) in [5.74, 6) is 0.697. The van der Waals surface area contributed by atoms with Crippen LogP contribution < -0.4 is 4.74 Å². The van der Waals surface area contributed by atoms with E-state index in [1.54, 1.807) is 13.3 Å². The molecule has 1 N–H and O–H groups in total. The van der Waals surface area contributed by atoms with Crippen LogP contribution in [-0.4, -0.2) is 65.3 Å². The second-order valence-electron chi connectivity index (χ2n) is 7.17. The van der Waals surface area contributed by atoms with Gasteiger partial charge in [-0.3, -0.25) is 9.88 Å². The predicted octanol–water partition coefficient (Wildman–Crippen LogP) is 2.48. The molecule has 0 aromatic carbocycles. The summed E-state index contributed by atoms with van der Waals surface area (Å²) in [4.78, 5) is 19.5. The van der Waals surface area contributed by atoms with E-state index < -0.39 is 11.5 Å². The lowest BCUT2D eigenvalue weighted by molar-refractivity contribution is 0.130. The first kappa shape index (κ1) is 18.5. The summed E-state index contributed by atoms with van der Waals surface area (Å²) in [6, 6.07) is 6.71. The topological polar surface area (TPSA) is 89.7 Å². The number of aromatic nitrogens is 1. The molecule has 0 unspecified atom stereocenters. The Hall–Kier alpha value is -2.33. The molecule has 140 valence electrons. The van der Waals surface area contributed by atoms with Gasteiger partial charge in [-0.2, -0.15) is 5.26 Å². The Morgan fingerprint density at radius 2 is 2.08 bits per heavy atom. The molecule has 2 fully saturated rings. The van der Waals surface area contributed by atoms with Gasteiger partial charge in [0.05, 0.1) is 30.5 Å². The second-order valence-corrected chi connectivity index (χ2v) is 7.17. The molecule has 3 rings (SSSR count). The molecule has 1 amide bonds. The van der Waals surface area contributed by atoms with Crippen molar-refractivity contribution in [1.29, 1.82) is 5.26 Å². The van der Waals surface area contributed by atoms with Gasteiger partial charge in [0.2, 0.25) is 0 Å². The predicted molar refractivity (Wildman–Crippen MR) is 96.1 cm³/mol. The van der Waals surface area contributed by atoms with E-state index in [2.05, 4.69) is 16.0 Å². The molecule has 1 aliphatic carbocycles. The standard InChI is InChI=1S/C19H26N4O3/c1-26-16-3-4-17(21-13-16)19(14-20)7-5-15(6-8-19)22-9-2-10-23(12-11-22)18(24)25/h3-4,13,15H,2,5-12H2,1H3,(H,24,25). The number of pyridine rings is 1. The van der Waals surface area contributed by atoms with Crippen molar-refractivity contribution >= 4 is 6.09 Å². The van der Waals surface area contributed by atoms with E-state index in [4.69, 9.17) is 4.74 Å². The van der Waals surface area contributed by atoms with E-state index in [9.17, 15) is 15.2 Å². The van der Waals surface area contributed by atoms with Gasteiger partial charge < -0.3 is 14.7 Å². The number of nitrogens with zero attached hydrogens (tertiary/aromatic N) is 4. The summed E-state index contributed by atoms with van der Waals surface area (Å²) >= 11 is 0. The molecular weight excluding hydrogens is 332 g/mol. The Bertz CT molecular complexity index is 662. The summed E-state index contributed by atoms with van der Waals surface area (Å²) in [6.07, 6.45) is 5.16. The summed E-state index contributed by atoms with van der Waals surface area (Å²) in [5, 5.41) is 19.0. The number of carbonyl (C=O) groups is 1. The van der Waals surface area contributed by atoms with E-state index in [0.29, 0.717) is 24.9 Å². The van der Waals surface area contributed by atoms with E-state index in [1.807, 2.05) is 12.1 Å². The van der Waals surface area contributed by atoms with E-state index >= 15 is 0 Å². The zero-order valence-corrected chi connectivity index (χ0v) is 15.2. The fourth-order valence-electron chi connectivity index (χ4n) is 4.16. The van der Waals surface area contributed by atoms with Crippen LogP contribution in [0.5, 0.6) is 5.75 Å². The molecule has 1 saturated heterocycles. The number of amides is 1. The van der Waals surface area contributed by atoms with E-state index in [0.717, 1.165) is 50.9 Å². The second kappa shape index (κ2) is 7.92. The third-order valence-corrected chi connectivity index (χ3v) is 5.80. The largest absolute Gasteiger partial charge is 0.495 e. The Kier molecular flexibility index (Phi) is 5.62. The lowest BCUT2D eigenvalue weighted by atomic mass is 9.71. The highest BCUT2D eigenvalue weighted by Crippen LogP contribution is 2.40. The average Bonchev–Trinajstić information content (AvgIpc) is 2.94. The summed E-state index contributed by atoms with van der Waals surface area (Å²) < 4.78 is 5.16. The third-order valence-electron chi connectivity index (χ3n) is 5.80. The van der Waals surface area contributed by atoms with Crippen molar-refractivity contribution in [2.75, 3.05) is 33.3 Å². The number of carboxylic acid groups (broad SMARTS) is 1. The quantitative estimate of drug-likeness (QED) is 0.893. The smallest absolute Gasteiger partial charge is 0.407 e. The maximum Gasteiger partial charge on any atom is 0.407 e. The van der Waals surface area contributed by atoms with Gasteiger partial charge in [0, 0.05) is 32.2 Å². The average molecular weight is 358 g/mol. The molecule has 7 nitrogen and oxygen atoms in total. The molecule has 0 bridgehead atoms. The molecule has 1 aliphatic heterocycles.